The van der Waals surface area contributed by atoms with Crippen LogP contribution in [0.2, 0.25) is 0 Å². The number of hydrogen-bond acceptors (Lipinski definition) is 4. The Balaban J connectivity index is 1.88. The molecule has 0 atom stereocenters. The first-order valence-electron chi connectivity index (χ1n) is 5.88. The SMILES string of the molecule is O=C(O)c1ccc(-c2noc(C3(CF)CC3)n2)cc1. The van der Waals surface area contributed by atoms with E-state index in [1.165, 1.54) is 12.1 Å². The maximum Gasteiger partial charge on any atom is 0.335 e. The Morgan fingerprint density at radius 3 is 2.58 bits per heavy atom. The highest BCUT2D eigenvalue weighted by Crippen LogP contribution is 2.47. The highest BCUT2D eigenvalue weighted by atomic mass is 19.1. The van der Waals surface area contributed by atoms with Crippen molar-refractivity contribution >= 4 is 5.97 Å². The number of hydrogen-bond donors (Lipinski definition) is 1. The molecule has 2 aromatic rings. The predicted molar refractivity (Wildman–Crippen MR) is 63.6 cm³/mol. The number of benzene rings is 1. The maximum absolute atomic E-state index is 12.9. The standard InChI is InChI=1S/C13H11FN2O3/c14-7-13(5-6-13)12-15-10(16-19-12)8-1-3-9(4-2-8)11(17)18/h1-4H,5-7H2,(H,17,18). The summed E-state index contributed by atoms with van der Waals surface area (Å²) in [5.41, 5.74) is 0.260. The minimum Gasteiger partial charge on any atom is -0.478 e. The Hall–Kier alpha value is -2.24. The summed E-state index contributed by atoms with van der Waals surface area (Å²) >= 11 is 0. The third-order valence-corrected chi connectivity index (χ3v) is 3.38. The van der Waals surface area contributed by atoms with E-state index in [4.69, 9.17) is 9.63 Å². The Labute approximate surface area is 108 Å². The lowest BCUT2D eigenvalue weighted by Crippen LogP contribution is -2.09. The molecular weight excluding hydrogens is 251 g/mol. The second-order valence-electron chi connectivity index (χ2n) is 4.72. The molecule has 0 unspecified atom stereocenters. The minimum atomic E-state index is -0.991. The average molecular weight is 262 g/mol. The normalized spacial score (nSPS) is 16.3. The highest BCUT2D eigenvalue weighted by molar-refractivity contribution is 5.88. The summed E-state index contributed by atoms with van der Waals surface area (Å²) in [6.07, 6.45) is 1.45. The van der Waals surface area contributed by atoms with Gasteiger partial charge in [0.15, 0.2) is 0 Å². The van der Waals surface area contributed by atoms with Crippen molar-refractivity contribution in [1.82, 2.24) is 10.1 Å². The monoisotopic (exact) mass is 262 g/mol. The van der Waals surface area contributed by atoms with Crippen molar-refractivity contribution in [3.8, 4) is 11.4 Å². The summed E-state index contributed by atoms with van der Waals surface area (Å²) in [6.45, 7) is -0.493. The summed E-state index contributed by atoms with van der Waals surface area (Å²) in [6, 6.07) is 6.14. The number of halogens is 1. The van der Waals surface area contributed by atoms with Gasteiger partial charge in [-0.05, 0) is 25.0 Å². The smallest absolute Gasteiger partial charge is 0.335 e. The quantitative estimate of drug-likeness (QED) is 0.915. The van der Waals surface area contributed by atoms with Gasteiger partial charge in [0.1, 0.15) is 6.67 Å². The molecule has 1 aliphatic carbocycles. The number of nitrogens with zero attached hydrogens (tertiary/aromatic N) is 2. The van der Waals surface area contributed by atoms with Gasteiger partial charge in [0.25, 0.3) is 0 Å². The zero-order chi connectivity index (χ0) is 13.5. The Bertz CT molecular complexity index is 617. The molecule has 0 amide bonds. The van der Waals surface area contributed by atoms with Gasteiger partial charge in [0.2, 0.25) is 11.7 Å². The van der Waals surface area contributed by atoms with E-state index in [1.54, 1.807) is 12.1 Å². The molecule has 0 spiro atoms. The van der Waals surface area contributed by atoms with Crippen LogP contribution in [0, 0.1) is 0 Å². The predicted octanol–water partition coefficient (Wildman–Crippen LogP) is 2.44. The summed E-state index contributed by atoms with van der Waals surface area (Å²) in [7, 11) is 0. The molecule has 1 aromatic carbocycles. The average Bonchev–Trinajstić information content (AvgIpc) is 3.08. The fraction of sp³-hybridized carbons (Fsp3) is 0.308. The van der Waals surface area contributed by atoms with Gasteiger partial charge >= 0.3 is 5.97 Å². The molecule has 1 aliphatic rings. The number of carboxylic acids is 1. The summed E-state index contributed by atoms with van der Waals surface area (Å²) in [4.78, 5) is 14.9. The van der Waals surface area contributed by atoms with Crippen molar-refractivity contribution in [3.05, 3.63) is 35.7 Å². The van der Waals surface area contributed by atoms with Gasteiger partial charge in [-0.15, -0.1) is 0 Å². The Kier molecular flexibility index (Phi) is 2.58. The van der Waals surface area contributed by atoms with Crippen LogP contribution in [0.3, 0.4) is 0 Å². The van der Waals surface area contributed by atoms with Crippen molar-refractivity contribution in [2.24, 2.45) is 0 Å². The maximum atomic E-state index is 12.9. The first-order valence-corrected chi connectivity index (χ1v) is 5.88. The molecule has 1 fully saturated rings. The van der Waals surface area contributed by atoms with Crippen molar-refractivity contribution in [1.29, 1.82) is 0 Å². The second kappa shape index (κ2) is 4.15. The zero-order valence-electron chi connectivity index (χ0n) is 9.97. The van der Waals surface area contributed by atoms with Crippen LogP contribution in [0.25, 0.3) is 11.4 Å². The van der Waals surface area contributed by atoms with E-state index in [9.17, 15) is 9.18 Å². The van der Waals surface area contributed by atoms with Crippen LogP contribution in [0.4, 0.5) is 4.39 Å². The Morgan fingerprint density at radius 1 is 1.37 bits per heavy atom. The van der Waals surface area contributed by atoms with Crippen LogP contribution in [0.15, 0.2) is 28.8 Å². The number of carbonyl (C=O) groups is 1. The molecule has 1 heterocycles. The number of aromatic nitrogens is 2. The van der Waals surface area contributed by atoms with Gasteiger partial charge < -0.3 is 9.63 Å². The molecule has 19 heavy (non-hydrogen) atoms. The minimum absolute atomic E-state index is 0.190. The van der Waals surface area contributed by atoms with Crippen LogP contribution >= 0.6 is 0 Å². The number of rotatable bonds is 4. The molecule has 5 nitrogen and oxygen atoms in total. The van der Waals surface area contributed by atoms with E-state index >= 15 is 0 Å². The van der Waals surface area contributed by atoms with Gasteiger partial charge in [-0.1, -0.05) is 17.3 Å². The van der Waals surface area contributed by atoms with Crippen LogP contribution in [-0.4, -0.2) is 27.9 Å². The third-order valence-electron chi connectivity index (χ3n) is 3.38. The lowest BCUT2D eigenvalue weighted by molar-refractivity contribution is 0.0697. The summed E-state index contributed by atoms with van der Waals surface area (Å²) in [5, 5.41) is 12.6. The molecule has 1 N–H and O–H groups in total. The van der Waals surface area contributed by atoms with Crippen molar-refractivity contribution in [3.63, 3.8) is 0 Å². The summed E-state index contributed by atoms with van der Waals surface area (Å²) in [5.74, 6) is -0.311. The van der Waals surface area contributed by atoms with Crippen LogP contribution < -0.4 is 0 Å². The lowest BCUT2D eigenvalue weighted by atomic mass is 10.1. The van der Waals surface area contributed by atoms with Gasteiger partial charge in [0.05, 0.1) is 11.0 Å². The van der Waals surface area contributed by atoms with E-state index in [-0.39, 0.29) is 5.56 Å². The fourth-order valence-electron chi connectivity index (χ4n) is 1.87. The molecule has 98 valence electrons. The molecule has 0 radical (unpaired) electrons. The Morgan fingerprint density at radius 2 is 2.05 bits per heavy atom. The van der Waals surface area contributed by atoms with E-state index in [0.29, 0.717) is 17.3 Å². The van der Waals surface area contributed by atoms with Gasteiger partial charge in [0, 0.05) is 5.56 Å². The number of aromatic carboxylic acids is 1. The number of alkyl halides is 1. The molecule has 0 bridgehead atoms. The molecule has 3 rings (SSSR count). The van der Waals surface area contributed by atoms with Crippen molar-refractivity contribution < 1.29 is 18.8 Å². The van der Waals surface area contributed by atoms with Crippen molar-refractivity contribution in [2.75, 3.05) is 6.67 Å². The van der Waals surface area contributed by atoms with E-state index in [2.05, 4.69) is 10.1 Å². The van der Waals surface area contributed by atoms with E-state index in [0.717, 1.165) is 12.8 Å². The molecule has 6 heteroatoms. The van der Waals surface area contributed by atoms with Crippen LogP contribution in [0.5, 0.6) is 0 Å². The molecule has 1 aromatic heterocycles. The van der Waals surface area contributed by atoms with Crippen LogP contribution in [0.1, 0.15) is 29.1 Å². The topological polar surface area (TPSA) is 76.2 Å². The lowest BCUT2D eigenvalue weighted by Gasteiger charge is -2.01. The zero-order valence-corrected chi connectivity index (χ0v) is 9.97. The van der Waals surface area contributed by atoms with E-state index < -0.39 is 18.1 Å². The van der Waals surface area contributed by atoms with Gasteiger partial charge in [-0.2, -0.15) is 4.98 Å². The van der Waals surface area contributed by atoms with Crippen LogP contribution in [-0.2, 0) is 5.41 Å². The fourth-order valence-corrected chi connectivity index (χ4v) is 1.87. The summed E-state index contributed by atoms with van der Waals surface area (Å²) < 4.78 is 18.0. The van der Waals surface area contributed by atoms with Gasteiger partial charge in [-0.25, -0.2) is 9.18 Å². The van der Waals surface area contributed by atoms with Gasteiger partial charge in [-0.3, -0.25) is 0 Å². The highest BCUT2D eigenvalue weighted by Gasteiger charge is 2.49. The second-order valence-corrected chi connectivity index (χ2v) is 4.72. The van der Waals surface area contributed by atoms with Crippen molar-refractivity contribution in [2.45, 2.75) is 18.3 Å². The molecule has 0 aliphatic heterocycles. The molecular formula is C13H11FN2O3. The van der Waals surface area contributed by atoms with E-state index in [1.807, 2.05) is 0 Å². The molecule has 0 saturated heterocycles. The third kappa shape index (κ3) is 1.99. The first-order chi connectivity index (χ1) is 9.14. The number of carboxylic acid groups (broad SMARTS) is 1. The first kappa shape index (κ1) is 11.8. The largest absolute Gasteiger partial charge is 0.478 e. The molecule has 1 saturated carbocycles.